The van der Waals surface area contributed by atoms with Gasteiger partial charge in [-0.1, -0.05) is 91.0 Å². The second-order valence-electron chi connectivity index (χ2n) is 21.3. The molecule has 0 aromatic carbocycles. The first-order chi connectivity index (χ1) is 29.6. The van der Waals surface area contributed by atoms with Crippen molar-refractivity contribution < 1.29 is 0 Å². The Bertz CT molecular complexity index is 2120. The number of allylic oxidation sites excluding steroid dienone is 16. The first-order valence-electron chi connectivity index (χ1n) is 25.3. The minimum absolute atomic E-state index is 0.336. The van der Waals surface area contributed by atoms with Crippen LogP contribution in [0.25, 0.3) is 0 Å². The van der Waals surface area contributed by atoms with Crippen molar-refractivity contribution in [2.24, 2.45) is 52.3 Å². The molecule has 60 heavy (non-hydrogen) atoms. The second-order valence-corrected chi connectivity index (χ2v) is 22.7. The van der Waals surface area contributed by atoms with Gasteiger partial charge in [-0.3, -0.25) is 4.99 Å². The van der Waals surface area contributed by atoms with Gasteiger partial charge in [-0.2, -0.15) is 0 Å². The van der Waals surface area contributed by atoms with E-state index in [1.807, 2.05) is 11.1 Å². The molecule has 0 spiro atoms. The lowest BCUT2D eigenvalue weighted by molar-refractivity contribution is 0.162. The molecule has 0 bridgehead atoms. The van der Waals surface area contributed by atoms with E-state index >= 15 is 0 Å². The number of nitrogens with zero attached hydrogens (tertiary/aromatic N) is 2. The van der Waals surface area contributed by atoms with Crippen LogP contribution in [0.1, 0.15) is 135 Å². The van der Waals surface area contributed by atoms with Gasteiger partial charge in [-0.15, -0.1) is 11.8 Å². The molecule has 12 aliphatic rings. The Hall–Kier alpha value is -3.04. The standard InChI is InChI=1S/C57H70N2S/c1-36-45-25-22-38(32-50(45)46-16-6-5-15-40(46)34-49(36)41-24-27-57-52(35-41)48-18-8-10-21-56(48)60-57)39-23-26-55-51(33-39)47-17-7-9-20-54(47)59(55)44-30-42(37-13-3-2-4-14-37)29-43(31-44)53-19-11-12-28-58-53/h6,8-9,13,16,18,20,23,26,28-29,31-32,35-36,41,44-45,47-51,53-54,56-57H,2-5,7,10-12,14-15,17,19,21-22,24-25,27,30,33-34H2,1H3. The third-order valence-corrected chi connectivity index (χ3v) is 19.9. The van der Waals surface area contributed by atoms with E-state index in [0.717, 1.165) is 52.9 Å². The average Bonchev–Trinajstić information content (AvgIpc) is 3.82. The van der Waals surface area contributed by atoms with Gasteiger partial charge in [0.05, 0.1) is 18.1 Å². The van der Waals surface area contributed by atoms with E-state index in [4.69, 9.17) is 4.99 Å². The van der Waals surface area contributed by atoms with Crippen molar-refractivity contribution in [2.75, 3.05) is 0 Å². The predicted octanol–water partition coefficient (Wildman–Crippen LogP) is 14.3. The fraction of sp³-hybridized carbons (Fsp3) is 0.596. The Morgan fingerprint density at radius 2 is 1.63 bits per heavy atom. The SMILES string of the molecule is CC1C(C2C=C3C(CC2)SC2CCC=CC32)CC2=C(C=CCC2)C2C=C(C3=CC=C4C(C3)C3CCC=CC3N4C3C=C(C4CCCC=N4)C=C(C4=CCCCC4)C3)CCC21. The van der Waals surface area contributed by atoms with Gasteiger partial charge < -0.3 is 4.90 Å². The highest BCUT2D eigenvalue weighted by atomic mass is 32.2. The largest absolute Gasteiger partial charge is 0.361 e. The van der Waals surface area contributed by atoms with Crippen LogP contribution in [0.15, 0.2) is 134 Å². The predicted molar refractivity (Wildman–Crippen MR) is 254 cm³/mol. The van der Waals surface area contributed by atoms with Gasteiger partial charge in [0, 0.05) is 34.0 Å². The summed E-state index contributed by atoms with van der Waals surface area (Å²) in [6.45, 7) is 2.70. The van der Waals surface area contributed by atoms with Gasteiger partial charge >= 0.3 is 0 Å². The Labute approximate surface area is 366 Å². The summed E-state index contributed by atoms with van der Waals surface area (Å²) in [6.07, 6.45) is 62.2. The van der Waals surface area contributed by atoms with E-state index in [1.165, 1.54) is 121 Å². The van der Waals surface area contributed by atoms with Crippen molar-refractivity contribution >= 4 is 18.0 Å². The highest BCUT2D eigenvalue weighted by Crippen LogP contribution is 2.57. The van der Waals surface area contributed by atoms with Crippen LogP contribution in [0.4, 0.5) is 0 Å². The first-order valence-corrected chi connectivity index (χ1v) is 26.2. The second kappa shape index (κ2) is 16.3. The highest BCUT2D eigenvalue weighted by Gasteiger charge is 2.49. The molecule has 0 radical (unpaired) electrons. The third kappa shape index (κ3) is 6.84. The van der Waals surface area contributed by atoms with Gasteiger partial charge in [0.2, 0.25) is 0 Å². The molecule has 0 aromatic heterocycles. The molecule has 3 heteroatoms. The zero-order valence-corrected chi connectivity index (χ0v) is 37.3. The summed E-state index contributed by atoms with van der Waals surface area (Å²) in [7, 11) is 0. The van der Waals surface area contributed by atoms with Crippen LogP contribution in [0, 0.1) is 47.3 Å². The summed E-state index contributed by atoms with van der Waals surface area (Å²) in [4.78, 5) is 8.05. The van der Waals surface area contributed by atoms with E-state index in [0.29, 0.717) is 35.9 Å². The molecule has 0 amide bonds. The molecule has 12 rings (SSSR count). The minimum atomic E-state index is 0.336. The summed E-state index contributed by atoms with van der Waals surface area (Å²) in [5, 5.41) is 1.65. The molecule has 314 valence electrons. The summed E-state index contributed by atoms with van der Waals surface area (Å²) in [5.74, 6) is 5.73. The van der Waals surface area contributed by atoms with Crippen LogP contribution in [-0.4, -0.2) is 39.7 Å². The molecule has 0 aromatic rings. The zero-order valence-electron chi connectivity index (χ0n) is 36.5. The summed E-state index contributed by atoms with van der Waals surface area (Å²) in [5.41, 5.74) is 15.2. The number of fused-ring (bicyclic) bond motifs is 8. The zero-order chi connectivity index (χ0) is 39.7. The Morgan fingerprint density at radius 3 is 2.55 bits per heavy atom. The number of likely N-dealkylation sites (tertiary alicyclic amines) is 1. The van der Waals surface area contributed by atoms with E-state index in [1.54, 1.807) is 33.6 Å². The van der Waals surface area contributed by atoms with Gasteiger partial charge in [0.15, 0.2) is 0 Å². The normalized spacial score (nSPS) is 41.9. The summed E-state index contributed by atoms with van der Waals surface area (Å²) < 4.78 is 0. The van der Waals surface area contributed by atoms with Crippen molar-refractivity contribution in [1.29, 1.82) is 0 Å². The lowest BCUT2D eigenvalue weighted by Gasteiger charge is -2.41. The highest BCUT2D eigenvalue weighted by molar-refractivity contribution is 8.01. The lowest BCUT2D eigenvalue weighted by Crippen LogP contribution is -2.40. The molecule has 0 N–H and O–H groups in total. The van der Waals surface area contributed by atoms with Gasteiger partial charge in [0.1, 0.15) is 0 Å². The number of rotatable bonds is 5. The molecule has 2 nitrogen and oxygen atoms in total. The number of aliphatic imine (C=N–C) groups is 1. The summed E-state index contributed by atoms with van der Waals surface area (Å²) >= 11 is 2.34. The van der Waals surface area contributed by atoms with Crippen LogP contribution in [-0.2, 0) is 0 Å². The fourth-order valence-electron chi connectivity index (χ4n) is 15.2. The van der Waals surface area contributed by atoms with Crippen LogP contribution < -0.4 is 0 Å². The van der Waals surface area contributed by atoms with E-state index < -0.39 is 0 Å². The molecule has 3 heterocycles. The Balaban J connectivity index is 0.849. The van der Waals surface area contributed by atoms with Crippen LogP contribution in [0.2, 0.25) is 0 Å². The van der Waals surface area contributed by atoms with Crippen molar-refractivity contribution in [3.63, 3.8) is 0 Å². The van der Waals surface area contributed by atoms with Gasteiger partial charge in [-0.05, 0) is 204 Å². The molecular formula is C57H70N2S. The minimum Gasteiger partial charge on any atom is -0.361 e. The van der Waals surface area contributed by atoms with Crippen molar-refractivity contribution in [3.05, 3.63) is 129 Å². The molecule has 9 aliphatic carbocycles. The van der Waals surface area contributed by atoms with E-state index in [9.17, 15) is 0 Å². The van der Waals surface area contributed by atoms with E-state index in [-0.39, 0.29) is 0 Å². The van der Waals surface area contributed by atoms with Crippen LogP contribution >= 0.6 is 11.8 Å². The number of thioether (sulfide) groups is 1. The molecular weight excluding hydrogens is 745 g/mol. The molecule has 0 saturated carbocycles. The van der Waals surface area contributed by atoms with Gasteiger partial charge in [-0.25, -0.2) is 0 Å². The monoisotopic (exact) mass is 815 g/mol. The molecule has 2 saturated heterocycles. The lowest BCUT2D eigenvalue weighted by atomic mass is 9.64. The maximum absolute atomic E-state index is 5.10. The van der Waals surface area contributed by atoms with Crippen molar-refractivity contribution in [3.8, 4) is 0 Å². The maximum Gasteiger partial charge on any atom is 0.0743 e. The van der Waals surface area contributed by atoms with Crippen molar-refractivity contribution in [1.82, 2.24) is 4.90 Å². The van der Waals surface area contributed by atoms with Crippen LogP contribution in [0.3, 0.4) is 0 Å². The smallest absolute Gasteiger partial charge is 0.0743 e. The molecule has 13 atom stereocenters. The average molecular weight is 815 g/mol. The number of hydrogen-bond donors (Lipinski definition) is 0. The van der Waals surface area contributed by atoms with Crippen molar-refractivity contribution in [2.45, 2.75) is 164 Å². The quantitative estimate of drug-likeness (QED) is 0.257. The molecule has 13 unspecified atom stereocenters. The fourth-order valence-corrected chi connectivity index (χ4v) is 17.0. The summed E-state index contributed by atoms with van der Waals surface area (Å²) in [6, 6.07) is 1.26. The molecule has 3 aliphatic heterocycles. The Morgan fingerprint density at radius 1 is 0.683 bits per heavy atom. The first kappa shape index (κ1) is 38.6. The van der Waals surface area contributed by atoms with Crippen LogP contribution in [0.5, 0.6) is 0 Å². The van der Waals surface area contributed by atoms with E-state index in [2.05, 4.69) is 109 Å². The topological polar surface area (TPSA) is 15.6 Å². The third-order valence-electron chi connectivity index (χ3n) is 18.2. The van der Waals surface area contributed by atoms with Gasteiger partial charge in [0.25, 0.3) is 0 Å². The maximum atomic E-state index is 5.10. The number of hydrogen-bond acceptors (Lipinski definition) is 3. The Kier molecular flexibility index (Phi) is 10.5. The molecule has 2 fully saturated rings.